The number of aryl methyl sites for hydroxylation is 1. The van der Waals surface area contributed by atoms with Gasteiger partial charge in [-0.25, -0.2) is 8.78 Å². The highest BCUT2D eigenvalue weighted by molar-refractivity contribution is 6.08. The minimum Gasteiger partial charge on any atom is -0.320 e. The van der Waals surface area contributed by atoms with Gasteiger partial charge < -0.3 is 5.32 Å². The Kier molecular flexibility index (Phi) is 3.13. The highest BCUT2D eigenvalue weighted by Gasteiger charge is 2.15. The van der Waals surface area contributed by atoms with E-state index < -0.39 is 17.5 Å². The van der Waals surface area contributed by atoms with Crippen LogP contribution in [0.25, 0.3) is 10.9 Å². The molecule has 2 aromatic carbocycles. The first-order chi connectivity index (χ1) is 10.1. The van der Waals surface area contributed by atoms with Gasteiger partial charge in [0, 0.05) is 5.39 Å². The van der Waals surface area contributed by atoms with Crippen LogP contribution in [0.5, 0.6) is 0 Å². The summed E-state index contributed by atoms with van der Waals surface area (Å²) >= 11 is 0. The van der Waals surface area contributed by atoms with E-state index in [-0.39, 0.29) is 5.56 Å². The lowest BCUT2D eigenvalue weighted by atomic mass is 10.1. The van der Waals surface area contributed by atoms with Gasteiger partial charge in [-0.1, -0.05) is 6.07 Å². The Morgan fingerprint density at radius 3 is 2.86 bits per heavy atom. The minimum atomic E-state index is -0.776. The highest BCUT2D eigenvalue weighted by atomic mass is 19.1. The molecule has 1 heterocycles. The van der Waals surface area contributed by atoms with Crippen molar-refractivity contribution in [2.45, 2.75) is 6.92 Å². The monoisotopic (exact) mass is 287 g/mol. The predicted molar refractivity (Wildman–Crippen MR) is 75.1 cm³/mol. The number of fused-ring (bicyclic) bond motifs is 1. The number of halogens is 2. The number of aromatic nitrogens is 2. The van der Waals surface area contributed by atoms with Crippen LogP contribution in [0.3, 0.4) is 0 Å². The molecule has 0 aliphatic rings. The van der Waals surface area contributed by atoms with Crippen molar-refractivity contribution in [3.8, 4) is 0 Å². The van der Waals surface area contributed by atoms with Crippen LogP contribution in [0, 0.1) is 18.6 Å². The quantitative estimate of drug-likeness (QED) is 0.759. The van der Waals surface area contributed by atoms with Crippen LogP contribution in [0.2, 0.25) is 0 Å². The van der Waals surface area contributed by atoms with Crippen LogP contribution < -0.4 is 5.32 Å². The summed E-state index contributed by atoms with van der Waals surface area (Å²) in [6, 6.07) is 6.25. The molecule has 2 N–H and O–H groups in total. The Balaban J connectivity index is 1.99. The van der Waals surface area contributed by atoms with Gasteiger partial charge in [0.2, 0.25) is 0 Å². The van der Waals surface area contributed by atoms with Crippen molar-refractivity contribution in [3.05, 3.63) is 59.3 Å². The van der Waals surface area contributed by atoms with Gasteiger partial charge in [0.25, 0.3) is 5.91 Å². The lowest BCUT2D eigenvalue weighted by Gasteiger charge is -2.08. The van der Waals surface area contributed by atoms with Crippen molar-refractivity contribution in [2.24, 2.45) is 0 Å². The Morgan fingerprint density at radius 2 is 2.05 bits per heavy atom. The van der Waals surface area contributed by atoms with Gasteiger partial charge in [-0.2, -0.15) is 5.10 Å². The first-order valence-corrected chi connectivity index (χ1v) is 6.25. The molecular weight excluding hydrogens is 276 g/mol. The van der Waals surface area contributed by atoms with Crippen molar-refractivity contribution in [1.82, 2.24) is 10.2 Å². The number of nitrogens with one attached hydrogen (secondary N) is 2. The van der Waals surface area contributed by atoms with Gasteiger partial charge in [0.05, 0.1) is 23.0 Å². The van der Waals surface area contributed by atoms with E-state index in [1.54, 1.807) is 12.3 Å². The summed E-state index contributed by atoms with van der Waals surface area (Å²) in [5.74, 6) is -2.16. The molecule has 0 saturated carbocycles. The van der Waals surface area contributed by atoms with Crippen molar-refractivity contribution >= 4 is 22.5 Å². The second-order valence-electron chi connectivity index (χ2n) is 4.67. The maximum atomic E-state index is 13.6. The molecule has 0 atom stereocenters. The fraction of sp³-hybridized carbons (Fsp3) is 0.0667. The number of rotatable bonds is 2. The summed E-state index contributed by atoms with van der Waals surface area (Å²) in [4.78, 5) is 12.1. The van der Waals surface area contributed by atoms with Crippen LogP contribution >= 0.6 is 0 Å². The molecule has 1 aromatic heterocycles. The Hall–Kier alpha value is -2.76. The Morgan fingerprint density at radius 1 is 1.24 bits per heavy atom. The summed E-state index contributed by atoms with van der Waals surface area (Å²) in [5, 5.41) is 10.1. The summed E-state index contributed by atoms with van der Waals surface area (Å²) in [5.41, 5.74) is 1.75. The fourth-order valence-corrected chi connectivity index (χ4v) is 2.14. The third-order valence-electron chi connectivity index (χ3n) is 3.25. The zero-order valence-electron chi connectivity index (χ0n) is 11.1. The number of anilines is 1. The van der Waals surface area contributed by atoms with E-state index in [0.29, 0.717) is 11.2 Å². The topological polar surface area (TPSA) is 57.8 Å². The van der Waals surface area contributed by atoms with E-state index in [1.807, 2.05) is 13.0 Å². The van der Waals surface area contributed by atoms with Gasteiger partial charge in [-0.3, -0.25) is 9.89 Å². The number of benzene rings is 2. The molecule has 1 amide bonds. The summed E-state index contributed by atoms with van der Waals surface area (Å²) in [6.07, 6.45) is 1.64. The highest BCUT2D eigenvalue weighted by Crippen LogP contribution is 2.24. The van der Waals surface area contributed by atoms with Crippen LogP contribution in [0.15, 0.2) is 36.5 Å². The number of aromatic amines is 1. The maximum Gasteiger partial charge on any atom is 0.258 e. The predicted octanol–water partition coefficient (Wildman–Crippen LogP) is 3.40. The smallest absolute Gasteiger partial charge is 0.258 e. The third kappa shape index (κ3) is 2.35. The second kappa shape index (κ2) is 4.97. The molecule has 106 valence electrons. The summed E-state index contributed by atoms with van der Waals surface area (Å²) in [7, 11) is 0. The molecule has 0 bridgehead atoms. The standard InChI is InChI=1S/C15H11F2N3O/c1-8-2-5-13(14-11(8)7-18-20-14)19-15(21)10-6-9(16)3-4-12(10)17/h2-7H,1H3,(H,18,20)(H,19,21). The van der Waals surface area contributed by atoms with Gasteiger partial charge in [0.15, 0.2) is 0 Å². The molecule has 21 heavy (non-hydrogen) atoms. The van der Waals surface area contributed by atoms with E-state index in [1.165, 1.54) is 0 Å². The van der Waals surface area contributed by atoms with Crippen molar-refractivity contribution in [3.63, 3.8) is 0 Å². The molecule has 0 saturated heterocycles. The lowest BCUT2D eigenvalue weighted by molar-refractivity contribution is 0.102. The Bertz CT molecular complexity index is 842. The molecule has 4 nitrogen and oxygen atoms in total. The number of hydrogen-bond acceptors (Lipinski definition) is 2. The second-order valence-corrected chi connectivity index (χ2v) is 4.67. The molecule has 0 fully saturated rings. The van der Waals surface area contributed by atoms with E-state index in [9.17, 15) is 13.6 Å². The minimum absolute atomic E-state index is 0.344. The van der Waals surface area contributed by atoms with Crippen LogP contribution in [0.4, 0.5) is 14.5 Å². The van der Waals surface area contributed by atoms with Crippen LogP contribution in [-0.4, -0.2) is 16.1 Å². The molecule has 0 unspecified atom stereocenters. The van der Waals surface area contributed by atoms with E-state index >= 15 is 0 Å². The van der Waals surface area contributed by atoms with Crippen molar-refractivity contribution in [1.29, 1.82) is 0 Å². The van der Waals surface area contributed by atoms with Gasteiger partial charge in [-0.05, 0) is 36.8 Å². The van der Waals surface area contributed by atoms with Crippen LogP contribution in [-0.2, 0) is 0 Å². The largest absolute Gasteiger partial charge is 0.320 e. The fourth-order valence-electron chi connectivity index (χ4n) is 2.14. The van der Waals surface area contributed by atoms with E-state index in [2.05, 4.69) is 15.5 Å². The lowest BCUT2D eigenvalue weighted by Crippen LogP contribution is -2.14. The number of H-pyrrole nitrogens is 1. The van der Waals surface area contributed by atoms with Gasteiger partial charge in [0.1, 0.15) is 11.6 Å². The number of carbonyl (C=O) groups is 1. The zero-order chi connectivity index (χ0) is 15.0. The van der Waals surface area contributed by atoms with Gasteiger partial charge in [-0.15, -0.1) is 0 Å². The SMILES string of the molecule is Cc1ccc(NC(=O)c2cc(F)ccc2F)c2[nH]ncc12. The maximum absolute atomic E-state index is 13.6. The van der Waals surface area contributed by atoms with E-state index in [4.69, 9.17) is 0 Å². The van der Waals surface area contributed by atoms with E-state index in [0.717, 1.165) is 29.1 Å². The molecule has 0 aliphatic heterocycles. The number of amides is 1. The molecular formula is C15H11F2N3O. The summed E-state index contributed by atoms with van der Waals surface area (Å²) < 4.78 is 26.7. The Labute approximate surface area is 118 Å². The molecule has 0 spiro atoms. The first kappa shape index (κ1) is 13.2. The molecule has 0 aliphatic carbocycles. The average molecular weight is 287 g/mol. The third-order valence-corrected chi connectivity index (χ3v) is 3.25. The first-order valence-electron chi connectivity index (χ1n) is 6.25. The molecule has 3 rings (SSSR count). The zero-order valence-corrected chi connectivity index (χ0v) is 11.1. The number of nitrogens with zero attached hydrogens (tertiary/aromatic N) is 1. The molecule has 3 aromatic rings. The van der Waals surface area contributed by atoms with Crippen LogP contribution in [0.1, 0.15) is 15.9 Å². The average Bonchev–Trinajstić information content (AvgIpc) is 2.95. The number of hydrogen-bond donors (Lipinski definition) is 2. The van der Waals surface area contributed by atoms with Crippen molar-refractivity contribution in [2.75, 3.05) is 5.32 Å². The van der Waals surface area contributed by atoms with Crippen molar-refractivity contribution < 1.29 is 13.6 Å². The summed E-state index contributed by atoms with van der Waals surface area (Å²) in [6.45, 7) is 1.91. The van der Waals surface area contributed by atoms with Gasteiger partial charge >= 0.3 is 0 Å². The molecule has 0 radical (unpaired) electrons. The molecule has 6 heteroatoms. The normalized spacial score (nSPS) is 10.8. The number of carbonyl (C=O) groups excluding carboxylic acids is 1.